The van der Waals surface area contributed by atoms with Gasteiger partial charge in [-0.05, 0) is 37.8 Å². The van der Waals surface area contributed by atoms with Gasteiger partial charge in [0.1, 0.15) is 0 Å². The Bertz CT molecular complexity index is 367. The molecule has 0 saturated carbocycles. The molecule has 0 bridgehead atoms. The summed E-state index contributed by atoms with van der Waals surface area (Å²) < 4.78 is 0. The van der Waals surface area contributed by atoms with Gasteiger partial charge >= 0.3 is 0 Å². The lowest BCUT2D eigenvalue weighted by Crippen LogP contribution is -2.18. The van der Waals surface area contributed by atoms with Gasteiger partial charge in [0.05, 0.1) is 6.54 Å². The fraction of sp³-hybridized carbons (Fsp3) is 0.500. The van der Waals surface area contributed by atoms with Crippen molar-refractivity contribution in [2.75, 3.05) is 6.54 Å². The molecule has 1 rings (SSSR count). The molecule has 0 radical (unpaired) electrons. The van der Waals surface area contributed by atoms with E-state index in [9.17, 15) is 0 Å². The van der Waals surface area contributed by atoms with Crippen LogP contribution in [-0.2, 0) is 6.42 Å². The predicted molar refractivity (Wildman–Crippen MR) is 74.9 cm³/mol. The van der Waals surface area contributed by atoms with Crippen molar-refractivity contribution in [3.05, 3.63) is 35.4 Å². The molecule has 1 aromatic carbocycles. The SMILES string of the molecule is CC#CCNC(C)c1ccc(CCCC)cc1. The first kappa shape index (κ1) is 13.8. The highest BCUT2D eigenvalue weighted by Crippen LogP contribution is 2.14. The Kier molecular flexibility index (Phi) is 6.43. The zero-order valence-corrected chi connectivity index (χ0v) is 11.2. The summed E-state index contributed by atoms with van der Waals surface area (Å²) >= 11 is 0. The highest BCUT2D eigenvalue weighted by molar-refractivity contribution is 5.25. The van der Waals surface area contributed by atoms with Crippen LogP contribution in [0.1, 0.15) is 50.8 Å². The van der Waals surface area contributed by atoms with Gasteiger partial charge in [0, 0.05) is 6.04 Å². The lowest BCUT2D eigenvalue weighted by molar-refractivity contribution is 0.623. The van der Waals surface area contributed by atoms with Crippen LogP contribution in [0.2, 0.25) is 0 Å². The van der Waals surface area contributed by atoms with Crippen molar-refractivity contribution in [2.24, 2.45) is 0 Å². The Morgan fingerprint density at radius 2 is 1.94 bits per heavy atom. The van der Waals surface area contributed by atoms with Gasteiger partial charge in [-0.3, -0.25) is 5.32 Å². The van der Waals surface area contributed by atoms with E-state index in [1.807, 2.05) is 6.92 Å². The largest absolute Gasteiger partial charge is 0.300 e. The van der Waals surface area contributed by atoms with Gasteiger partial charge in [-0.25, -0.2) is 0 Å². The van der Waals surface area contributed by atoms with Crippen LogP contribution in [0, 0.1) is 11.8 Å². The molecular formula is C16H23N. The molecule has 0 aliphatic rings. The second kappa shape index (κ2) is 7.92. The molecule has 0 aliphatic carbocycles. The molecule has 0 spiro atoms. The van der Waals surface area contributed by atoms with Gasteiger partial charge in [0.15, 0.2) is 0 Å². The first-order valence-electron chi connectivity index (χ1n) is 6.49. The monoisotopic (exact) mass is 229 g/mol. The minimum Gasteiger partial charge on any atom is -0.300 e. The smallest absolute Gasteiger partial charge is 0.0581 e. The van der Waals surface area contributed by atoms with E-state index in [0.717, 1.165) is 6.54 Å². The molecular weight excluding hydrogens is 206 g/mol. The minimum absolute atomic E-state index is 0.371. The maximum absolute atomic E-state index is 3.39. The second-order valence-electron chi connectivity index (χ2n) is 4.37. The lowest BCUT2D eigenvalue weighted by Gasteiger charge is -2.12. The van der Waals surface area contributed by atoms with Crippen molar-refractivity contribution in [3.8, 4) is 11.8 Å². The molecule has 17 heavy (non-hydrogen) atoms. The third-order valence-electron chi connectivity index (χ3n) is 2.97. The van der Waals surface area contributed by atoms with Gasteiger partial charge in [-0.2, -0.15) is 0 Å². The van der Waals surface area contributed by atoms with Crippen molar-refractivity contribution in [3.63, 3.8) is 0 Å². The molecule has 0 heterocycles. The van der Waals surface area contributed by atoms with E-state index < -0.39 is 0 Å². The average Bonchev–Trinajstić information content (AvgIpc) is 2.37. The molecule has 0 aliphatic heterocycles. The maximum atomic E-state index is 3.39. The number of aryl methyl sites for hydroxylation is 1. The van der Waals surface area contributed by atoms with Crippen LogP contribution in [0.25, 0.3) is 0 Å². The molecule has 92 valence electrons. The normalized spacial score (nSPS) is 11.7. The predicted octanol–water partition coefficient (Wildman–Crippen LogP) is 3.70. The van der Waals surface area contributed by atoms with Gasteiger partial charge in [-0.1, -0.05) is 43.5 Å². The van der Waals surface area contributed by atoms with Gasteiger partial charge in [0.25, 0.3) is 0 Å². The zero-order valence-electron chi connectivity index (χ0n) is 11.2. The van der Waals surface area contributed by atoms with Crippen LogP contribution in [0.15, 0.2) is 24.3 Å². The summed E-state index contributed by atoms with van der Waals surface area (Å²) in [6.45, 7) is 7.04. The van der Waals surface area contributed by atoms with E-state index in [2.05, 4.69) is 55.3 Å². The van der Waals surface area contributed by atoms with Crippen LogP contribution in [0.5, 0.6) is 0 Å². The number of benzene rings is 1. The van der Waals surface area contributed by atoms with Crippen molar-refractivity contribution in [1.82, 2.24) is 5.32 Å². The molecule has 0 aromatic heterocycles. The van der Waals surface area contributed by atoms with Gasteiger partial charge in [-0.15, -0.1) is 5.92 Å². The lowest BCUT2D eigenvalue weighted by atomic mass is 10.0. The first-order chi connectivity index (χ1) is 8.27. The quantitative estimate of drug-likeness (QED) is 0.733. The maximum Gasteiger partial charge on any atom is 0.0581 e. The van der Waals surface area contributed by atoms with E-state index in [1.54, 1.807) is 0 Å². The Morgan fingerprint density at radius 3 is 2.53 bits per heavy atom. The Labute approximate surface area is 106 Å². The zero-order chi connectivity index (χ0) is 12.5. The molecule has 1 atom stereocenters. The van der Waals surface area contributed by atoms with Crippen LogP contribution in [0.4, 0.5) is 0 Å². The molecule has 0 amide bonds. The van der Waals surface area contributed by atoms with E-state index >= 15 is 0 Å². The second-order valence-corrected chi connectivity index (χ2v) is 4.37. The van der Waals surface area contributed by atoms with Crippen molar-refractivity contribution in [1.29, 1.82) is 0 Å². The fourth-order valence-corrected chi connectivity index (χ4v) is 1.76. The fourth-order valence-electron chi connectivity index (χ4n) is 1.76. The average molecular weight is 229 g/mol. The summed E-state index contributed by atoms with van der Waals surface area (Å²) in [5, 5.41) is 3.39. The molecule has 1 unspecified atom stereocenters. The van der Waals surface area contributed by atoms with E-state index in [-0.39, 0.29) is 0 Å². The van der Waals surface area contributed by atoms with Crippen LogP contribution in [-0.4, -0.2) is 6.54 Å². The topological polar surface area (TPSA) is 12.0 Å². The Balaban J connectivity index is 2.50. The standard InChI is InChI=1S/C16H23N/c1-4-6-8-15-9-11-16(12-10-15)14(3)17-13-7-5-2/h9-12,14,17H,4,6,8,13H2,1-3H3. The summed E-state index contributed by atoms with van der Waals surface area (Å²) in [5.74, 6) is 5.92. The third kappa shape index (κ3) is 5.06. The first-order valence-corrected chi connectivity index (χ1v) is 6.49. The Morgan fingerprint density at radius 1 is 1.24 bits per heavy atom. The highest BCUT2D eigenvalue weighted by atomic mass is 14.9. The Hall–Kier alpha value is -1.26. The van der Waals surface area contributed by atoms with Crippen LogP contribution >= 0.6 is 0 Å². The number of rotatable bonds is 6. The number of nitrogens with one attached hydrogen (secondary N) is 1. The van der Waals surface area contributed by atoms with E-state index in [0.29, 0.717) is 6.04 Å². The van der Waals surface area contributed by atoms with E-state index in [4.69, 9.17) is 0 Å². The number of hydrogen-bond acceptors (Lipinski definition) is 1. The molecule has 1 nitrogen and oxygen atoms in total. The van der Waals surface area contributed by atoms with E-state index in [1.165, 1.54) is 30.4 Å². The molecule has 0 fully saturated rings. The highest BCUT2D eigenvalue weighted by Gasteiger charge is 2.03. The summed E-state index contributed by atoms with van der Waals surface area (Å²) in [6.07, 6.45) is 3.73. The summed E-state index contributed by atoms with van der Waals surface area (Å²) in [7, 11) is 0. The summed E-state index contributed by atoms with van der Waals surface area (Å²) in [6, 6.07) is 9.31. The molecule has 1 N–H and O–H groups in total. The molecule has 0 saturated heterocycles. The minimum atomic E-state index is 0.371. The summed E-state index contributed by atoms with van der Waals surface area (Å²) in [5.41, 5.74) is 2.78. The molecule has 1 aromatic rings. The summed E-state index contributed by atoms with van der Waals surface area (Å²) in [4.78, 5) is 0. The van der Waals surface area contributed by atoms with Crippen molar-refractivity contribution >= 4 is 0 Å². The van der Waals surface area contributed by atoms with Gasteiger partial charge in [0.2, 0.25) is 0 Å². The van der Waals surface area contributed by atoms with Crippen molar-refractivity contribution in [2.45, 2.75) is 46.1 Å². The third-order valence-corrected chi connectivity index (χ3v) is 2.97. The number of hydrogen-bond donors (Lipinski definition) is 1. The molecule has 1 heteroatoms. The van der Waals surface area contributed by atoms with Gasteiger partial charge < -0.3 is 0 Å². The number of unbranched alkanes of at least 4 members (excludes halogenated alkanes) is 1. The van der Waals surface area contributed by atoms with Crippen LogP contribution < -0.4 is 5.32 Å². The van der Waals surface area contributed by atoms with Crippen LogP contribution in [0.3, 0.4) is 0 Å². The van der Waals surface area contributed by atoms with Crippen molar-refractivity contribution < 1.29 is 0 Å².